The molecule has 0 aliphatic carbocycles. The number of rotatable bonds is 5. The van der Waals surface area contributed by atoms with Crippen molar-refractivity contribution in [3.05, 3.63) is 52.9 Å². The largest absolute Gasteiger partial charge is 0.508 e. The summed E-state index contributed by atoms with van der Waals surface area (Å²) in [7, 11) is 0. The lowest BCUT2D eigenvalue weighted by atomic mass is 10.0. The number of phenols is 1. The summed E-state index contributed by atoms with van der Waals surface area (Å²) in [5.41, 5.74) is 0.691. The number of halogens is 1. The van der Waals surface area contributed by atoms with Crippen LogP contribution in [-0.2, 0) is 11.2 Å². The molecule has 0 bridgehead atoms. The van der Waals surface area contributed by atoms with Gasteiger partial charge < -0.3 is 19.5 Å². The maximum absolute atomic E-state index is 12.6. The Morgan fingerprint density at radius 2 is 2.25 bits per heavy atom. The van der Waals surface area contributed by atoms with Crippen molar-refractivity contribution in [2.24, 2.45) is 0 Å². The molecule has 2 aromatic rings. The Morgan fingerprint density at radius 3 is 2.96 bits per heavy atom. The lowest BCUT2D eigenvalue weighted by molar-refractivity contribution is -0.131. The van der Waals surface area contributed by atoms with E-state index in [4.69, 9.17) is 16.0 Å². The molecule has 2 atom stereocenters. The van der Waals surface area contributed by atoms with Gasteiger partial charge in [-0.1, -0.05) is 17.7 Å². The summed E-state index contributed by atoms with van der Waals surface area (Å²) < 4.78 is 5.23. The maximum atomic E-state index is 12.6. The molecular weight excluding hydrogens is 330 g/mol. The average molecular weight is 350 g/mol. The second-order valence-electron chi connectivity index (χ2n) is 6.10. The van der Waals surface area contributed by atoms with Crippen LogP contribution in [0.4, 0.5) is 0 Å². The van der Waals surface area contributed by atoms with Gasteiger partial charge in [-0.2, -0.15) is 0 Å². The third-order valence-corrected chi connectivity index (χ3v) is 4.79. The molecule has 1 aromatic carbocycles. The van der Waals surface area contributed by atoms with Gasteiger partial charge in [0, 0.05) is 24.0 Å². The first kappa shape index (κ1) is 16.9. The second kappa shape index (κ2) is 7.28. The minimum absolute atomic E-state index is 0.00603. The number of nitrogens with zero attached hydrogens (tertiary/aromatic N) is 1. The normalized spacial score (nSPS) is 18.8. The standard InChI is InChI=1S/C18H20ClNO4/c19-15-11-14(21)6-5-12(15)9-18(23)20-7-1-3-13(20)10-16(22)17-4-2-8-24-17/h2,4-6,8,11,13,16,21-22H,1,3,7,9-10H2. The highest BCUT2D eigenvalue weighted by atomic mass is 35.5. The molecule has 0 spiro atoms. The third-order valence-electron chi connectivity index (χ3n) is 4.44. The Morgan fingerprint density at radius 1 is 1.42 bits per heavy atom. The Balaban J connectivity index is 1.65. The Kier molecular flexibility index (Phi) is 5.11. The maximum Gasteiger partial charge on any atom is 0.227 e. The quantitative estimate of drug-likeness (QED) is 0.868. The van der Waals surface area contributed by atoms with E-state index in [1.165, 1.54) is 18.4 Å². The number of hydrogen-bond acceptors (Lipinski definition) is 4. The van der Waals surface area contributed by atoms with Gasteiger partial charge in [-0.25, -0.2) is 0 Å². The zero-order valence-corrected chi connectivity index (χ0v) is 13.9. The summed E-state index contributed by atoms with van der Waals surface area (Å²) in [6.07, 6.45) is 3.26. The molecule has 6 heteroatoms. The number of furan rings is 1. The molecule has 1 aromatic heterocycles. The summed E-state index contributed by atoms with van der Waals surface area (Å²) in [6, 6.07) is 8.10. The number of aliphatic hydroxyl groups excluding tert-OH is 1. The molecule has 2 heterocycles. The van der Waals surface area contributed by atoms with E-state index < -0.39 is 6.10 Å². The number of amides is 1. The van der Waals surface area contributed by atoms with Crippen LogP contribution in [-0.4, -0.2) is 33.6 Å². The highest BCUT2D eigenvalue weighted by Gasteiger charge is 2.31. The number of carbonyl (C=O) groups is 1. The van der Waals surface area contributed by atoms with E-state index >= 15 is 0 Å². The number of carbonyl (C=O) groups excluding carboxylic acids is 1. The van der Waals surface area contributed by atoms with Crippen LogP contribution in [0, 0.1) is 0 Å². The topological polar surface area (TPSA) is 73.9 Å². The van der Waals surface area contributed by atoms with E-state index in [-0.39, 0.29) is 24.1 Å². The van der Waals surface area contributed by atoms with Crippen LogP contribution >= 0.6 is 11.6 Å². The fourth-order valence-corrected chi connectivity index (χ4v) is 3.45. The third kappa shape index (κ3) is 3.74. The molecule has 1 saturated heterocycles. The minimum atomic E-state index is -0.712. The molecule has 1 aliphatic rings. The number of benzene rings is 1. The van der Waals surface area contributed by atoms with Gasteiger partial charge in [0.2, 0.25) is 5.91 Å². The molecule has 2 N–H and O–H groups in total. The molecule has 0 saturated carbocycles. The number of aliphatic hydroxyl groups is 1. The predicted octanol–water partition coefficient (Wildman–Crippen LogP) is 3.30. The number of phenolic OH excluding ortho intramolecular Hbond substituents is 1. The van der Waals surface area contributed by atoms with Gasteiger partial charge in [0.15, 0.2) is 0 Å². The molecule has 1 amide bonds. The zero-order chi connectivity index (χ0) is 17.1. The van der Waals surface area contributed by atoms with Crippen molar-refractivity contribution >= 4 is 17.5 Å². The number of hydrogen-bond donors (Lipinski definition) is 2. The van der Waals surface area contributed by atoms with E-state index in [1.807, 2.05) is 4.90 Å². The van der Waals surface area contributed by atoms with Crippen LogP contribution in [0.3, 0.4) is 0 Å². The molecule has 3 rings (SSSR count). The van der Waals surface area contributed by atoms with Crippen LogP contribution in [0.25, 0.3) is 0 Å². The van der Waals surface area contributed by atoms with Gasteiger partial charge >= 0.3 is 0 Å². The number of likely N-dealkylation sites (tertiary alicyclic amines) is 1. The molecular formula is C18H20ClNO4. The Bertz CT molecular complexity index is 701. The second-order valence-corrected chi connectivity index (χ2v) is 6.51. The summed E-state index contributed by atoms with van der Waals surface area (Å²) in [6.45, 7) is 0.685. The highest BCUT2D eigenvalue weighted by molar-refractivity contribution is 6.31. The molecule has 1 aliphatic heterocycles. The molecule has 0 radical (unpaired) electrons. The average Bonchev–Trinajstić information content (AvgIpc) is 3.21. The van der Waals surface area contributed by atoms with Gasteiger partial charge in [-0.3, -0.25) is 4.79 Å². The van der Waals surface area contributed by atoms with Gasteiger partial charge in [0.25, 0.3) is 0 Å². The fraction of sp³-hybridized carbons (Fsp3) is 0.389. The Labute approximate surface area is 145 Å². The molecule has 5 nitrogen and oxygen atoms in total. The lowest BCUT2D eigenvalue weighted by Gasteiger charge is -2.26. The summed E-state index contributed by atoms with van der Waals surface area (Å²) in [5, 5.41) is 20.0. The van der Waals surface area contributed by atoms with E-state index in [0.29, 0.717) is 29.3 Å². The zero-order valence-electron chi connectivity index (χ0n) is 13.2. The molecule has 1 fully saturated rings. The SMILES string of the molecule is O=C(Cc1ccc(O)cc1Cl)N1CCCC1CC(O)c1ccco1. The van der Waals surface area contributed by atoms with E-state index in [9.17, 15) is 15.0 Å². The summed E-state index contributed by atoms with van der Waals surface area (Å²) >= 11 is 6.09. The first-order valence-corrected chi connectivity index (χ1v) is 8.40. The predicted molar refractivity (Wildman–Crippen MR) is 89.8 cm³/mol. The highest BCUT2D eigenvalue weighted by Crippen LogP contribution is 2.29. The lowest BCUT2D eigenvalue weighted by Crippen LogP contribution is -2.37. The van der Waals surface area contributed by atoms with Crippen LogP contribution in [0.2, 0.25) is 5.02 Å². The minimum Gasteiger partial charge on any atom is -0.508 e. The van der Waals surface area contributed by atoms with Gasteiger partial charge in [-0.05, 0) is 42.7 Å². The van der Waals surface area contributed by atoms with Crippen molar-refractivity contribution in [2.45, 2.75) is 37.8 Å². The monoisotopic (exact) mass is 349 g/mol. The van der Waals surface area contributed by atoms with E-state index in [0.717, 1.165) is 12.8 Å². The van der Waals surface area contributed by atoms with Gasteiger partial charge in [0.1, 0.15) is 17.6 Å². The van der Waals surface area contributed by atoms with Gasteiger partial charge in [-0.15, -0.1) is 0 Å². The van der Waals surface area contributed by atoms with Crippen molar-refractivity contribution in [1.29, 1.82) is 0 Å². The van der Waals surface area contributed by atoms with E-state index in [2.05, 4.69) is 0 Å². The van der Waals surface area contributed by atoms with Crippen molar-refractivity contribution in [2.75, 3.05) is 6.54 Å². The van der Waals surface area contributed by atoms with Gasteiger partial charge in [0.05, 0.1) is 12.7 Å². The van der Waals surface area contributed by atoms with Crippen molar-refractivity contribution < 1.29 is 19.4 Å². The van der Waals surface area contributed by atoms with Crippen LogP contribution in [0.5, 0.6) is 5.75 Å². The van der Waals surface area contributed by atoms with Crippen molar-refractivity contribution in [3.63, 3.8) is 0 Å². The number of aromatic hydroxyl groups is 1. The van der Waals surface area contributed by atoms with Crippen molar-refractivity contribution in [1.82, 2.24) is 4.90 Å². The van der Waals surface area contributed by atoms with Crippen LogP contribution in [0.1, 0.15) is 36.7 Å². The first-order chi connectivity index (χ1) is 11.5. The molecule has 2 unspecified atom stereocenters. The van der Waals surface area contributed by atoms with Crippen molar-refractivity contribution in [3.8, 4) is 5.75 Å². The van der Waals surface area contributed by atoms with Crippen LogP contribution in [0.15, 0.2) is 41.0 Å². The molecule has 24 heavy (non-hydrogen) atoms. The van der Waals surface area contributed by atoms with Crippen LogP contribution < -0.4 is 0 Å². The summed E-state index contributed by atoms with van der Waals surface area (Å²) in [5.74, 6) is 0.587. The summed E-state index contributed by atoms with van der Waals surface area (Å²) in [4.78, 5) is 14.4. The smallest absolute Gasteiger partial charge is 0.227 e. The van der Waals surface area contributed by atoms with E-state index in [1.54, 1.807) is 18.2 Å². The molecule has 128 valence electrons. The fourth-order valence-electron chi connectivity index (χ4n) is 3.21. The Hall–Kier alpha value is -1.98. The first-order valence-electron chi connectivity index (χ1n) is 8.03.